The van der Waals surface area contributed by atoms with Crippen LogP contribution in [0, 0.1) is 5.41 Å². The van der Waals surface area contributed by atoms with E-state index in [1.807, 2.05) is 6.26 Å². The molecule has 1 heterocycles. The van der Waals surface area contributed by atoms with Crippen molar-refractivity contribution in [1.82, 2.24) is 4.90 Å². The van der Waals surface area contributed by atoms with Crippen molar-refractivity contribution >= 4 is 17.9 Å². The van der Waals surface area contributed by atoms with E-state index in [0.29, 0.717) is 18.4 Å². The van der Waals surface area contributed by atoms with Crippen molar-refractivity contribution in [3.8, 4) is 0 Å². The smallest absolute Gasteiger partial charge is 0.410 e. The van der Waals surface area contributed by atoms with Gasteiger partial charge in [-0.3, -0.25) is 0 Å². The van der Waals surface area contributed by atoms with Crippen molar-refractivity contribution in [2.24, 2.45) is 5.41 Å². The predicted molar refractivity (Wildman–Crippen MR) is 71.2 cm³/mol. The summed E-state index contributed by atoms with van der Waals surface area (Å²) in [5.41, 5.74) is -1.18. The van der Waals surface area contributed by atoms with Gasteiger partial charge in [0, 0.05) is 24.8 Å². The summed E-state index contributed by atoms with van der Waals surface area (Å²) in [6.07, 6.45) is 3.04. The average molecular weight is 307 g/mol. The fraction of sp³-hybridized carbons (Fsp3) is 0.923. The summed E-state index contributed by atoms with van der Waals surface area (Å²) in [4.78, 5) is 13.5. The summed E-state index contributed by atoms with van der Waals surface area (Å²) in [7, 11) is 0. The van der Waals surface area contributed by atoms with Gasteiger partial charge in [0.2, 0.25) is 0 Å². The fourth-order valence-electron chi connectivity index (χ4n) is 2.82. The first kappa shape index (κ1) is 14.4. The molecule has 114 valence electrons. The van der Waals surface area contributed by atoms with Crippen molar-refractivity contribution in [1.29, 1.82) is 0 Å². The molecule has 20 heavy (non-hydrogen) atoms. The molecule has 1 unspecified atom stereocenters. The van der Waals surface area contributed by atoms with Crippen LogP contribution >= 0.6 is 11.8 Å². The second kappa shape index (κ2) is 5.02. The van der Waals surface area contributed by atoms with Gasteiger partial charge in [0.05, 0.1) is 18.6 Å². The Morgan fingerprint density at radius 2 is 2.15 bits per heavy atom. The first-order valence-corrected chi connectivity index (χ1v) is 8.18. The van der Waals surface area contributed by atoms with Crippen molar-refractivity contribution < 1.29 is 23.0 Å². The molecule has 3 aliphatic rings. The number of rotatable bonds is 2. The van der Waals surface area contributed by atoms with E-state index >= 15 is 0 Å². The maximum absolute atomic E-state index is 13.5. The van der Waals surface area contributed by atoms with E-state index in [0.717, 1.165) is 12.8 Å². The third kappa shape index (κ3) is 2.50. The zero-order valence-electron chi connectivity index (χ0n) is 11.4. The van der Waals surface area contributed by atoms with Crippen LogP contribution < -0.4 is 0 Å². The Balaban J connectivity index is 1.55. The van der Waals surface area contributed by atoms with Gasteiger partial charge in [0.1, 0.15) is 6.10 Å². The third-order valence-electron chi connectivity index (χ3n) is 4.50. The summed E-state index contributed by atoms with van der Waals surface area (Å²) >= 11 is 1.77. The van der Waals surface area contributed by atoms with Gasteiger partial charge in [-0.15, -0.1) is 0 Å². The zero-order valence-corrected chi connectivity index (χ0v) is 12.3. The largest absolute Gasteiger partial charge is 0.446 e. The lowest BCUT2D eigenvalue weighted by Gasteiger charge is -2.35. The molecule has 0 aromatic heterocycles. The molecule has 1 saturated heterocycles. The molecule has 0 bridgehead atoms. The Bertz CT molecular complexity index is 403. The highest BCUT2D eigenvalue weighted by atomic mass is 32.2. The molecular formula is C13H19F2NO3S. The van der Waals surface area contributed by atoms with Gasteiger partial charge in [0.15, 0.2) is 0 Å². The summed E-state index contributed by atoms with van der Waals surface area (Å²) in [6.45, 7) is 0.694. The normalized spacial score (nSPS) is 39.0. The number of hydrogen-bond donors (Lipinski definition) is 0. The van der Waals surface area contributed by atoms with Gasteiger partial charge >= 0.3 is 6.09 Å². The first-order chi connectivity index (χ1) is 9.46. The number of carbonyl (C=O) groups is 1. The third-order valence-corrected chi connectivity index (χ3v) is 5.55. The molecule has 1 amide bonds. The van der Waals surface area contributed by atoms with E-state index < -0.39 is 17.4 Å². The van der Waals surface area contributed by atoms with Gasteiger partial charge in [-0.25, -0.2) is 13.6 Å². The average Bonchev–Trinajstić information content (AvgIpc) is 2.96. The van der Waals surface area contributed by atoms with E-state index in [2.05, 4.69) is 0 Å². The van der Waals surface area contributed by atoms with Crippen LogP contribution in [0.15, 0.2) is 0 Å². The predicted octanol–water partition coefficient (Wildman–Crippen LogP) is 2.37. The molecule has 1 aliphatic heterocycles. The molecule has 3 rings (SSSR count). The van der Waals surface area contributed by atoms with Crippen LogP contribution in [0.3, 0.4) is 0 Å². The molecular weight excluding hydrogens is 288 g/mol. The van der Waals surface area contributed by atoms with E-state index in [-0.39, 0.29) is 25.7 Å². The highest BCUT2D eigenvalue weighted by Gasteiger charge is 2.72. The number of alkyl halides is 2. The van der Waals surface area contributed by atoms with Crippen LogP contribution in [0.25, 0.3) is 0 Å². The van der Waals surface area contributed by atoms with E-state index in [9.17, 15) is 13.6 Å². The van der Waals surface area contributed by atoms with Gasteiger partial charge in [-0.1, -0.05) is 0 Å². The van der Waals surface area contributed by atoms with Gasteiger partial charge in [0.25, 0.3) is 5.92 Å². The van der Waals surface area contributed by atoms with E-state index in [1.54, 1.807) is 11.8 Å². The second-order valence-corrected chi connectivity index (χ2v) is 7.11. The number of halogens is 2. The van der Waals surface area contributed by atoms with Crippen LogP contribution in [0.1, 0.15) is 19.3 Å². The molecule has 2 aliphatic carbocycles. The molecule has 0 N–H and O–H groups in total. The number of carbonyl (C=O) groups excluding carboxylic acids is 1. The summed E-state index contributed by atoms with van der Waals surface area (Å²) in [5.74, 6) is -2.71. The van der Waals surface area contributed by atoms with Gasteiger partial charge < -0.3 is 14.4 Å². The SMILES string of the molecule is CSC1CC(OC(=O)N2CCOCC3(C2)CC3(F)F)C1. The van der Waals surface area contributed by atoms with E-state index in [1.165, 1.54) is 4.90 Å². The minimum atomic E-state index is -2.71. The van der Waals surface area contributed by atoms with Crippen molar-refractivity contribution in [2.75, 3.05) is 32.6 Å². The summed E-state index contributed by atoms with van der Waals surface area (Å²) < 4.78 is 37.5. The minimum Gasteiger partial charge on any atom is -0.446 e. The number of amides is 1. The molecule has 2 saturated carbocycles. The fourth-order valence-corrected chi connectivity index (χ4v) is 3.63. The first-order valence-electron chi connectivity index (χ1n) is 6.90. The summed E-state index contributed by atoms with van der Waals surface area (Å²) in [6, 6.07) is 0. The number of thioether (sulfide) groups is 1. The lowest BCUT2D eigenvalue weighted by atomic mass is 9.95. The number of nitrogens with zero attached hydrogens (tertiary/aromatic N) is 1. The second-order valence-electron chi connectivity index (χ2n) is 5.97. The van der Waals surface area contributed by atoms with Crippen LogP contribution in [0.2, 0.25) is 0 Å². The highest BCUT2D eigenvalue weighted by Crippen LogP contribution is 2.61. The quantitative estimate of drug-likeness (QED) is 0.785. The maximum atomic E-state index is 13.5. The number of hydrogen-bond acceptors (Lipinski definition) is 4. The van der Waals surface area contributed by atoms with Crippen molar-refractivity contribution in [3.05, 3.63) is 0 Å². The topological polar surface area (TPSA) is 38.8 Å². The van der Waals surface area contributed by atoms with E-state index in [4.69, 9.17) is 9.47 Å². The monoisotopic (exact) mass is 307 g/mol. The Labute approximate surface area is 121 Å². The Hall–Kier alpha value is -0.560. The molecule has 0 aromatic carbocycles. The Morgan fingerprint density at radius 3 is 2.75 bits per heavy atom. The molecule has 1 atom stereocenters. The van der Waals surface area contributed by atoms with Crippen molar-refractivity contribution in [2.45, 2.75) is 36.5 Å². The zero-order chi connectivity index (χ0) is 14.4. The molecule has 0 radical (unpaired) electrons. The molecule has 7 heteroatoms. The van der Waals surface area contributed by atoms with Crippen LogP contribution in [0.4, 0.5) is 13.6 Å². The van der Waals surface area contributed by atoms with Crippen molar-refractivity contribution in [3.63, 3.8) is 0 Å². The standard InChI is InChI=1S/C13H19F2NO3S/c1-20-10-4-9(5-10)19-11(17)16-2-3-18-8-12(7-16)6-13(12,14)15/h9-10H,2-8H2,1H3. The van der Waals surface area contributed by atoms with Gasteiger partial charge in [-0.05, 0) is 19.1 Å². The number of ether oxygens (including phenoxy) is 2. The minimum absolute atomic E-state index is 0.0295. The van der Waals surface area contributed by atoms with Crippen LogP contribution in [0.5, 0.6) is 0 Å². The Morgan fingerprint density at radius 1 is 1.45 bits per heavy atom. The maximum Gasteiger partial charge on any atom is 0.410 e. The molecule has 3 fully saturated rings. The van der Waals surface area contributed by atoms with Gasteiger partial charge in [-0.2, -0.15) is 11.8 Å². The lowest BCUT2D eigenvalue weighted by Crippen LogP contribution is -2.43. The van der Waals surface area contributed by atoms with Crippen LogP contribution in [-0.2, 0) is 9.47 Å². The molecule has 4 nitrogen and oxygen atoms in total. The molecule has 1 spiro atoms. The Kier molecular flexibility index (Phi) is 3.61. The highest BCUT2D eigenvalue weighted by molar-refractivity contribution is 7.99. The summed E-state index contributed by atoms with van der Waals surface area (Å²) in [5, 5.41) is 0.555. The van der Waals surface area contributed by atoms with Crippen LogP contribution in [-0.4, -0.2) is 60.8 Å². The molecule has 0 aromatic rings. The lowest BCUT2D eigenvalue weighted by molar-refractivity contribution is 0.0107.